The van der Waals surface area contributed by atoms with Crippen LogP contribution in [0.2, 0.25) is 0 Å². The average molecular weight is 554 g/mol. The first kappa shape index (κ1) is 32.5. The maximum atomic E-state index is 14.1. The SMILES string of the molecule is CCCC(NC(=O)[C@@H]1C[C@@H](OC(C)(C)C)CN1C(=O)[C@@H](NC(=O)OCC(C)C)C1CCCCC1)C(=O)C(=O)O. The Balaban J connectivity index is 2.33. The first-order valence-corrected chi connectivity index (χ1v) is 14.2. The van der Waals surface area contributed by atoms with Crippen LogP contribution in [0.25, 0.3) is 0 Å². The number of nitrogens with zero attached hydrogens (tertiary/aromatic N) is 1. The van der Waals surface area contributed by atoms with Crippen molar-refractivity contribution in [1.82, 2.24) is 15.5 Å². The number of Topliss-reactive ketones (excluding diaryl/α,β-unsaturated/α-hetero) is 1. The summed E-state index contributed by atoms with van der Waals surface area (Å²) in [5.74, 6) is -3.71. The molecule has 1 saturated heterocycles. The second-order valence-corrected chi connectivity index (χ2v) is 12.1. The predicted molar refractivity (Wildman–Crippen MR) is 144 cm³/mol. The normalized spacial score (nSPS) is 21.8. The number of likely N-dealkylation sites (tertiary alicyclic amines) is 1. The van der Waals surface area contributed by atoms with Gasteiger partial charge < -0.3 is 30.1 Å². The molecule has 2 fully saturated rings. The number of carbonyl (C=O) groups is 5. The van der Waals surface area contributed by atoms with Gasteiger partial charge in [0.15, 0.2) is 0 Å². The van der Waals surface area contributed by atoms with Crippen molar-refractivity contribution in [2.75, 3.05) is 13.2 Å². The van der Waals surface area contributed by atoms with Gasteiger partial charge in [0.2, 0.25) is 11.8 Å². The molecule has 222 valence electrons. The third-order valence-electron chi connectivity index (χ3n) is 7.00. The summed E-state index contributed by atoms with van der Waals surface area (Å²) in [6.45, 7) is 11.6. The standard InChI is InChI=1S/C28H47N3O8/c1-7-11-20(23(32)26(35)36)29-24(33)21-14-19(39-28(4,5)6)15-31(21)25(34)22(18-12-9-8-10-13-18)30-27(37)38-16-17(2)3/h17-22H,7-16H2,1-6H3,(H,29,33)(H,30,37)(H,35,36)/t19-,20?,21+,22+/m1/s1. The highest BCUT2D eigenvalue weighted by Gasteiger charge is 2.46. The summed E-state index contributed by atoms with van der Waals surface area (Å²) in [5, 5.41) is 14.6. The lowest BCUT2D eigenvalue weighted by Gasteiger charge is -2.34. The summed E-state index contributed by atoms with van der Waals surface area (Å²) < 4.78 is 11.4. The van der Waals surface area contributed by atoms with E-state index >= 15 is 0 Å². The third kappa shape index (κ3) is 10.1. The molecule has 0 aromatic rings. The lowest BCUT2D eigenvalue weighted by Crippen LogP contribution is -2.57. The van der Waals surface area contributed by atoms with Crippen LogP contribution in [0.4, 0.5) is 4.79 Å². The van der Waals surface area contributed by atoms with Gasteiger partial charge in [-0.05, 0) is 51.9 Å². The number of alkyl carbamates (subject to hydrolysis) is 1. The molecule has 1 saturated carbocycles. The minimum atomic E-state index is -1.62. The van der Waals surface area contributed by atoms with Gasteiger partial charge in [-0.3, -0.25) is 14.4 Å². The summed E-state index contributed by atoms with van der Waals surface area (Å²) in [7, 11) is 0. The van der Waals surface area contributed by atoms with E-state index in [0.29, 0.717) is 6.42 Å². The highest BCUT2D eigenvalue weighted by molar-refractivity contribution is 6.35. The van der Waals surface area contributed by atoms with E-state index < -0.39 is 59.5 Å². The molecule has 0 aromatic carbocycles. The summed E-state index contributed by atoms with van der Waals surface area (Å²) in [6, 6.07) is -3.05. The number of rotatable bonds is 12. The van der Waals surface area contributed by atoms with Crippen molar-refractivity contribution in [2.24, 2.45) is 11.8 Å². The van der Waals surface area contributed by atoms with Crippen LogP contribution in [-0.4, -0.2) is 82.6 Å². The van der Waals surface area contributed by atoms with E-state index in [9.17, 15) is 29.1 Å². The van der Waals surface area contributed by atoms with Gasteiger partial charge in [0.25, 0.3) is 5.78 Å². The maximum Gasteiger partial charge on any atom is 0.407 e. The molecule has 3 N–H and O–H groups in total. The van der Waals surface area contributed by atoms with Gasteiger partial charge in [0.05, 0.1) is 24.4 Å². The van der Waals surface area contributed by atoms with E-state index in [1.54, 1.807) is 6.92 Å². The van der Waals surface area contributed by atoms with Gasteiger partial charge in [0, 0.05) is 13.0 Å². The number of carbonyl (C=O) groups excluding carboxylic acids is 4. The first-order valence-electron chi connectivity index (χ1n) is 14.2. The molecule has 3 amide bonds. The maximum absolute atomic E-state index is 14.1. The van der Waals surface area contributed by atoms with E-state index in [1.165, 1.54) is 4.90 Å². The summed E-state index contributed by atoms with van der Waals surface area (Å²) in [6.07, 6.45) is 4.16. The minimum absolute atomic E-state index is 0.106. The van der Waals surface area contributed by atoms with Crippen molar-refractivity contribution < 1.29 is 38.6 Å². The fourth-order valence-electron chi connectivity index (χ4n) is 5.29. The molecule has 11 nitrogen and oxygen atoms in total. The second kappa shape index (κ2) is 14.6. The van der Waals surface area contributed by atoms with Gasteiger partial charge in [-0.1, -0.05) is 46.5 Å². The van der Waals surface area contributed by atoms with E-state index in [2.05, 4.69) is 10.6 Å². The zero-order valence-corrected chi connectivity index (χ0v) is 24.3. The van der Waals surface area contributed by atoms with Crippen LogP contribution in [0.3, 0.4) is 0 Å². The highest BCUT2D eigenvalue weighted by Crippen LogP contribution is 2.31. The molecule has 2 aliphatic rings. The number of carboxylic acid groups (broad SMARTS) is 1. The number of nitrogens with one attached hydrogen (secondary N) is 2. The number of amides is 3. The van der Waals surface area contributed by atoms with Gasteiger partial charge in [-0.15, -0.1) is 0 Å². The highest BCUT2D eigenvalue weighted by atomic mass is 16.5. The number of hydrogen-bond acceptors (Lipinski definition) is 7. The van der Waals surface area contributed by atoms with E-state index in [0.717, 1.165) is 32.1 Å². The fourth-order valence-corrected chi connectivity index (χ4v) is 5.29. The lowest BCUT2D eigenvalue weighted by atomic mass is 9.83. The molecule has 1 aliphatic carbocycles. The molecule has 0 bridgehead atoms. The van der Waals surface area contributed by atoms with Crippen molar-refractivity contribution >= 4 is 29.7 Å². The number of ether oxygens (including phenoxy) is 2. The van der Waals surface area contributed by atoms with Gasteiger partial charge >= 0.3 is 12.1 Å². The van der Waals surface area contributed by atoms with Crippen LogP contribution in [-0.2, 0) is 28.7 Å². The van der Waals surface area contributed by atoms with Crippen LogP contribution in [0, 0.1) is 11.8 Å². The number of carboxylic acids is 1. The van der Waals surface area contributed by atoms with Crippen LogP contribution in [0.1, 0.15) is 92.9 Å². The molecule has 1 heterocycles. The van der Waals surface area contributed by atoms with E-state index in [-0.39, 0.29) is 37.8 Å². The molecule has 4 atom stereocenters. The van der Waals surface area contributed by atoms with Crippen molar-refractivity contribution in [1.29, 1.82) is 0 Å². The van der Waals surface area contributed by atoms with Gasteiger partial charge in [-0.25, -0.2) is 9.59 Å². The Bertz CT molecular complexity index is 879. The Morgan fingerprint density at radius 1 is 1.03 bits per heavy atom. The van der Waals surface area contributed by atoms with Crippen LogP contribution >= 0.6 is 0 Å². The zero-order chi connectivity index (χ0) is 29.3. The molecule has 0 aromatic heterocycles. The number of hydrogen-bond donors (Lipinski definition) is 3. The molecule has 0 spiro atoms. The zero-order valence-electron chi connectivity index (χ0n) is 24.3. The quantitative estimate of drug-likeness (QED) is 0.312. The topological polar surface area (TPSA) is 151 Å². The molecule has 39 heavy (non-hydrogen) atoms. The predicted octanol–water partition coefficient (Wildman–Crippen LogP) is 3.04. The van der Waals surface area contributed by atoms with Crippen molar-refractivity contribution in [3.8, 4) is 0 Å². The van der Waals surface area contributed by atoms with Crippen LogP contribution in [0.15, 0.2) is 0 Å². The smallest absolute Gasteiger partial charge is 0.407 e. The fraction of sp³-hybridized carbons (Fsp3) is 0.821. The Hall–Kier alpha value is -2.69. The number of aliphatic carboxylic acids is 1. The van der Waals surface area contributed by atoms with Gasteiger partial charge in [-0.2, -0.15) is 0 Å². The molecular formula is C28H47N3O8. The Morgan fingerprint density at radius 2 is 1.67 bits per heavy atom. The van der Waals surface area contributed by atoms with Gasteiger partial charge in [0.1, 0.15) is 12.1 Å². The van der Waals surface area contributed by atoms with Crippen molar-refractivity contribution in [3.63, 3.8) is 0 Å². The molecule has 1 unspecified atom stereocenters. The summed E-state index contributed by atoms with van der Waals surface area (Å²) in [4.78, 5) is 65.1. The Morgan fingerprint density at radius 3 is 2.21 bits per heavy atom. The minimum Gasteiger partial charge on any atom is -0.475 e. The third-order valence-corrected chi connectivity index (χ3v) is 7.00. The van der Waals surface area contributed by atoms with Crippen LogP contribution < -0.4 is 10.6 Å². The molecule has 11 heteroatoms. The Kier molecular flexibility index (Phi) is 12.2. The number of ketones is 1. The molecule has 1 aliphatic heterocycles. The molecule has 0 radical (unpaired) electrons. The lowest BCUT2D eigenvalue weighted by molar-refractivity contribution is -0.151. The molecule has 2 rings (SSSR count). The summed E-state index contributed by atoms with van der Waals surface area (Å²) in [5.41, 5.74) is -0.531. The van der Waals surface area contributed by atoms with E-state index in [1.807, 2.05) is 34.6 Å². The largest absolute Gasteiger partial charge is 0.475 e. The second-order valence-electron chi connectivity index (χ2n) is 12.1. The molecular weight excluding hydrogens is 506 g/mol. The Labute approximate surface area is 231 Å². The van der Waals surface area contributed by atoms with Crippen molar-refractivity contribution in [2.45, 2.75) is 123 Å². The monoisotopic (exact) mass is 553 g/mol. The first-order chi connectivity index (χ1) is 18.2. The average Bonchev–Trinajstić information content (AvgIpc) is 3.27. The van der Waals surface area contributed by atoms with Crippen molar-refractivity contribution in [3.05, 3.63) is 0 Å². The van der Waals surface area contributed by atoms with E-state index in [4.69, 9.17) is 9.47 Å². The summed E-state index contributed by atoms with van der Waals surface area (Å²) >= 11 is 0. The van der Waals surface area contributed by atoms with Crippen LogP contribution in [0.5, 0.6) is 0 Å².